The lowest BCUT2D eigenvalue weighted by atomic mass is 10.2. The fraction of sp³-hybridized carbons (Fsp3) is 0.625. The van der Waals surface area contributed by atoms with Crippen molar-refractivity contribution in [3.63, 3.8) is 0 Å². The van der Waals surface area contributed by atoms with E-state index in [0.717, 1.165) is 9.73 Å². The molecule has 1 atom stereocenters. The van der Waals surface area contributed by atoms with Gasteiger partial charge in [-0.15, -0.1) is 11.3 Å². The number of anilines is 1. The molecule has 72 valence electrons. The van der Waals surface area contributed by atoms with Crippen LogP contribution in [0.15, 0.2) is 9.98 Å². The Morgan fingerprint density at radius 2 is 2.54 bits per heavy atom. The first kappa shape index (κ1) is 9.80. The highest BCUT2D eigenvalue weighted by Crippen LogP contribution is 2.24. The molecule has 0 spiro atoms. The molecule has 1 aliphatic rings. The van der Waals surface area contributed by atoms with Crippen molar-refractivity contribution in [1.82, 2.24) is 4.98 Å². The number of nitrogens with zero attached hydrogens (tertiary/aromatic N) is 1. The van der Waals surface area contributed by atoms with Gasteiger partial charge in [0.1, 0.15) is 4.60 Å². The van der Waals surface area contributed by atoms with Crippen LogP contribution in [-0.2, 0) is 0 Å². The predicted molar refractivity (Wildman–Crippen MR) is 63.8 cm³/mol. The average Bonchev–Trinajstić information content (AvgIpc) is 2.53. The summed E-state index contributed by atoms with van der Waals surface area (Å²) in [5.41, 5.74) is 0. The summed E-state index contributed by atoms with van der Waals surface area (Å²) in [6.07, 6.45) is 2.61. The van der Waals surface area contributed by atoms with Crippen molar-refractivity contribution in [2.24, 2.45) is 0 Å². The summed E-state index contributed by atoms with van der Waals surface area (Å²) < 4.78 is 0.934. The third kappa shape index (κ3) is 2.86. The van der Waals surface area contributed by atoms with Gasteiger partial charge >= 0.3 is 0 Å². The molecule has 2 rings (SSSR count). The Bertz CT molecular complexity index is 271. The third-order valence-electron chi connectivity index (χ3n) is 1.96. The first-order chi connectivity index (χ1) is 6.34. The van der Waals surface area contributed by atoms with Crippen LogP contribution in [0, 0.1) is 0 Å². The van der Waals surface area contributed by atoms with Gasteiger partial charge in [0.2, 0.25) is 0 Å². The number of thiazole rings is 1. The van der Waals surface area contributed by atoms with Crippen LogP contribution in [0.5, 0.6) is 0 Å². The second-order valence-corrected chi connectivity index (χ2v) is 5.85. The van der Waals surface area contributed by atoms with Gasteiger partial charge in [-0.3, -0.25) is 0 Å². The molecule has 1 aromatic heterocycles. The summed E-state index contributed by atoms with van der Waals surface area (Å²) >= 11 is 7.05. The van der Waals surface area contributed by atoms with E-state index in [1.54, 1.807) is 11.3 Å². The molecular formula is C8H11BrN2S2. The lowest BCUT2D eigenvalue weighted by molar-refractivity contribution is 0.684. The van der Waals surface area contributed by atoms with E-state index in [0.29, 0.717) is 6.04 Å². The van der Waals surface area contributed by atoms with E-state index in [4.69, 9.17) is 0 Å². The molecule has 1 fully saturated rings. The minimum absolute atomic E-state index is 0.622. The zero-order valence-corrected chi connectivity index (χ0v) is 10.3. The average molecular weight is 279 g/mol. The van der Waals surface area contributed by atoms with Crippen LogP contribution in [0.3, 0.4) is 0 Å². The van der Waals surface area contributed by atoms with Crippen molar-refractivity contribution in [2.45, 2.75) is 18.9 Å². The van der Waals surface area contributed by atoms with Crippen LogP contribution in [0.1, 0.15) is 12.8 Å². The molecule has 0 radical (unpaired) electrons. The smallest absolute Gasteiger partial charge is 0.183 e. The highest BCUT2D eigenvalue weighted by molar-refractivity contribution is 9.10. The Labute approximate surface area is 94.7 Å². The molecular weight excluding hydrogens is 268 g/mol. The molecule has 2 nitrogen and oxygen atoms in total. The molecule has 1 unspecified atom stereocenters. The van der Waals surface area contributed by atoms with E-state index in [1.165, 1.54) is 24.3 Å². The molecule has 0 aromatic carbocycles. The largest absolute Gasteiger partial charge is 0.358 e. The van der Waals surface area contributed by atoms with Crippen molar-refractivity contribution >= 4 is 44.2 Å². The number of hydrogen-bond donors (Lipinski definition) is 1. The highest BCUT2D eigenvalue weighted by atomic mass is 79.9. The number of rotatable bonds is 2. The zero-order chi connectivity index (χ0) is 9.10. The van der Waals surface area contributed by atoms with E-state index in [2.05, 4.69) is 26.2 Å². The van der Waals surface area contributed by atoms with Crippen molar-refractivity contribution < 1.29 is 0 Å². The lowest BCUT2D eigenvalue weighted by Gasteiger charge is -2.21. The van der Waals surface area contributed by atoms with E-state index < -0.39 is 0 Å². The predicted octanol–water partition coefficient (Wildman–Crippen LogP) is 3.21. The van der Waals surface area contributed by atoms with Gasteiger partial charge < -0.3 is 5.32 Å². The minimum atomic E-state index is 0.622. The Hall–Kier alpha value is 0.260. The molecule has 1 N–H and O–H groups in total. The van der Waals surface area contributed by atoms with Crippen molar-refractivity contribution in [3.8, 4) is 0 Å². The molecule has 2 heterocycles. The second kappa shape index (κ2) is 4.66. The van der Waals surface area contributed by atoms with Crippen molar-refractivity contribution in [2.75, 3.05) is 16.8 Å². The van der Waals surface area contributed by atoms with Crippen LogP contribution < -0.4 is 5.32 Å². The van der Waals surface area contributed by atoms with Gasteiger partial charge in [-0.1, -0.05) is 0 Å². The standard InChI is InChI=1S/C8H11BrN2S2/c9-7-5-13-8(11-7)10-6-2-1-3-12-4-6/h5-6H,1-4H2,(H,10,11). The SMILES string of the molecule is Brc1csc(NC2CCCSC2)n1. The molecule has 0 amide bonds. The Morgan fingerprint density at radius 1 is 1.62 bits per heavy atom. The second-order valence-electron chi connectivity index (χ2n) is 3.03. The first-order valence-electron chi connectivity index (χ1n) is 4.30. The van der Waals surface area contributed by atoms with Gasteiger partial charge in [0, 0.05) is 17.2 Å². The molecule has 0 saturated carbocycles. The molecule has 1 saturated heterocycles. The van der Waals surface area contributed by atoms with Crippen LogP contribution in [-0.4, -0.2) is 22.5 Å². The molecule has 0 aliphatic carbocycles. The minimum Gasteiger partial charge on any atom is -0.358 e. The fourth-order valence-electron chi connectivity index (χ4n) is 1.35. The Balaban J connectivity index is 1.89. The molecule has 13 heavy (non-hydrogen) atoms. The highest BCUT2D eigenvalue weighted by Gasteiger charge is 2.14. The fourth-order valence-corrected chi connectivity index (χ4v) is 3.64. The van der Waals surface area contributed by atoms with Gasteiger partial charge in [-0.05, 0) is 34.5 Å². The van der Waals surface area contributed by atoms with Gasteiger partial charge in [-0.2, -0.15) is 11.8 Å². The normalized spacial score (nSPS) is 23.0. The number of nitrogens with one attached hydrogen (secondary N) is 1. The molecule has 1 aliphatic heterocycles. The van der Waals surface area contributed by atoms with Crippen LogP contribution in [0.4, 0.5) is 5.13 Å². The summed E-state index contributed by atoms with van der Waals surface area (Å²) in [7, 11) is 0. The van der Waals surface area contributed by atoms with E-state index in [1.807, 2.05) is 17.1 Å². The first-order valence-corrected chi connectivity index (χ1v) is 7.12. The maximum Gasteiger partial charge on any atom is 0.183 e. The maximum atomic E-state index is 4.32. The topological polar surface area (TPSA) is 24.9 Å². The number of hydrogen-bond acceptors (Lipinski definition) is 4. The Morgan fingerprint density at radius 3 is 3.15 bits per heavy atom. The summed E-state index contributed by atoms with van der Waals surface area (Å²) in [6.45, 7) is 0. The monoisotopic (exact) mass is 278 g/mol. The third-order valence-corrected chi connectivity index (χ3v) is 4.66. The molecule has 0 bridgehead atoms. The van der Waals surface area contributed by atoms with Crippen LogP contribution in [0.2, 0.25) is 0 Å². The zero-order valence-electron chi connectivity index (χ0n) is 7.12. The van der Waals surface area contributed by atoms with E-state index in [-0.39, 0.29) is 0 Å². The van der Waals surface area contributed by atoms with Gasteiger partial charge in [0.05, 0.1) is 0 Å². The summed E-state index contributed by atoms with van der Waals surface area (Å²) in [5.74, 6) is 2.54. The van der Waals surface area contributed by atoms with Crippen molar-refractivity contribution in [1.29, 1.82) is 0 Å². The maximum absolute atomic E-state index is 4.32. The summed E-state index contributed by atoms with van der Waals surface area (Å²) in [6, 6.07) is 0.622. The lowest BCUT2D eigenvalue weighted by Crippen LogP contribution is -2.25. The molecule has 5 heteroatoms. The van der Waals surface area contributed by atoms with Crippen LogP contribution in [0.25, 0.3) is 0 Å². The van der Waals surface area contributed by atoms with Crippen molar-refractivity contribution in [3.05, 3.63) is 9.98 Å². The number of halogens is 1. The van der Waals surface area contributed by atoms with E-state index >= 15 is 0 Å². The van der Waals surface area contributed by atoms with Gasteiger partial charge in [0.25, 0.3) is 0 Å². The summed E-state index contributed by atoms with van der Waals surface area (Å²) in [4.78, 5) is 4.32. The van der Waals surface area contributed by atoms with Gasteiger partial charge in [-0.25, -0.2) is 4.98 Å². The summed E-state index contributed by atoms with van der Waals surface area (Å²) in [5, 5.41) is 6.51. The Kier molecular flexibility index (Phi) is 3.51. The van der Waals surface area contributed by atoms with E-state index in [9.17, 15) is 0 Å². The number of thioether (sulfide) groups is 1. The quantitative estimate of drug-likeness (QED) is 0.899. The number of aromatic nitrogens is 1. The molecule has 1 aromatic rings. The van der Waals surface area contributed by atoms with Gasteiger partial charge in [0.15, 0.2) is 5.13 Å². The van der Waals surface area contributed by atoms with Crippen LogP contribution >= 0.6 is 39.0 Å².